The van der Waals surface area contributed by atoms with E-state index < -0.39 is 11.0 Å². The molecule has 2 atom stereocenters. The maximum atomic E-state index is 12.5. The van der Waals surface area contributed by atoms with E-state index >= 15 is 0 Å². The second-order valence-corrected chi connectivity index (χ2v) is 5.52. The summed E-state index contributed by atoms with van der Waals surface area (Å²) in [5.74, 6) is 0.000325. The standard InChI is InChI=1S/C15H21N3O3/c1-11-7-5-6-10-17(11)15(19)12(2)16-13-8-3-4-9-14(13)18(20)21/h3-4,8-9,11-12,16H,5-7,10H2,1-2H3. The van der Waals surface area contributed by atoms with Crippen molar-refractivity contribution >= 4 is 17.3 Å². The van der Waals surface area contributed by atoms with Gasteiger partial charge >= 0.3 is 0 Å². The van der Waals surface area contributed by atoms with Crippen molar-refractivity contribution in [3.05, 3.63) is 34.4 Å². The zero-order chi connectivity index (χ0) is 15.4. The number of benzene rings is 1. The van der Waals surface area contributed by atoms with E-state index in [4.69, 9.17) is 0 Å². The number of nitro groups is 1. The van der Waals surface area contributed by atoms with Crippen LogP contribution in [-0.4, -0.2) is 34.4 Å². The molecule has 1 aliphatic rings. The molecular weight excluding hydrogens is 270 g/mol. The van der Waals surface area contributed by atoms with Gasteiger partial charge in [-0.3, -0.25) is 14.9 Å². The van der Waals surface area contributed by atoms with Crippen LogP contribution in [0.5, 0.6) is 0 Å². The smallest absolute Gasteiger partial charge is 0.292 e. The van der Waals surface area contributed by atoms with Crippen molar-refractivity contribution in [1.82, 2.24) is 4.90 Å². The number of nitro benzene ring substituents is 1. The molecule has 1 amide bonds. The Kier molecular flexibility index (Phi) is 4.77. The molecule has 2 rings (SSSR count). The van der Waals surface area contributed by atoms with Gasteiger partial charge in [-0.2, -0.15) is 0 Å². The highest BCUT2D eigenvalue weighted by Crippen LogP contribution is 2.25. The second-order valence-electron chi connectivity index (χ2n) is 5.52. The fourth-order valence-corrected chi connectivity index (χ4v) is 2.72. The fraction of sp³-hybridized carbons (Fsp3) is 0.533. The molecule has 1 aliphatic heterocycles. The minimum Gasteiger partial charge on any atom is -0.368 e. The van der Waals surface area contributed by atoms with Gasteiger partial charge in [0.1, 0.15) is 11.7 Å². The quantitative estimate of drug-likeness (QED) is 0.683. The van der Waals surface area contributed by atoms with Crippen molar-refractivity contribution in [2.75, 3.05) is 11.9 Å². The first-order valence-electron chi connectivity index (χ1n) is 7.31. The first kappa shape index (κ1) is 15.3. The van der Waals surface area contributed by atoms with Crippen LogP contribution in [-0.2, 0) is 4.79 Å². The fourth-order valence-electron chi connectivity index (χ4n) is 2.72. The van der Waals surface area contributed by atoms with Gasteiger partial charge in [-0.25, -0.2) is 0 Å². The lowest BCUT2D eigenvalue weighted by Crippen LogP contribution is -2.48. The monoisotopic (exact) mass is 291 g/mol. The molecule has 0 bridgehead atoms. The van der Waals surface area contributed by atoms with E-state index in [0.29, 0.717) is 5.69 Å². The van der Waals surface area contributed by atoms with Crippen molar-refractivity contribution in [3.63, 3.8) is 0 Å². The molecule has 0 saturated carbocycles. The molecule has 6 nitrogen and oxygen atoms in total. The van der Waals surface area contributed by atoms with Crippen LogP contribution in [0.25, 0.3) is 0 Å². The number of para-hydroxylation sites is 2. The van der Waals surface area contributed by atoms with E-state index in [2.05, 4.69) is 12.2 Å². The summed E-state index contributed by atoms with van der Waals surface area (Å²) >= 11 is 0. The Morgan fingerprint density at radius 2 is 2.14 bits per heavy atom. The molecule has 0 aromatic heterocycles. The van der Waals surface area contributed by atoms with Crippen LogP contribution in [0.1, 0.15) is 33.1 Å². The lowest BCUT2D eigenvalue weighted by Gasteiger charge is -2.35. The number of rotatable bonds is 4. The SMILES string of the molecule is CC(Nc1ccccc1[N+](=O)[O-])C(=O)N1CCCCC1C. The van der Waals surface area contributed by atoms with Crippen LogP contribution in [0.15, 0.2) is 24.3 Å². The lowest BCUT2D eigenvalue weighted by molar-refractivity contribution is -0.384. The number of anilines is 1. The molecule has 0 spiro atoms. The number of nitrogens with one attached hydrogen (secondary N) is 1. The molecule has 2 unspecified atom stereocenters. The molecule has 1 saturated heterocycles. The maximum Gasteiger partial charge on any atom is 0.292 e. The van der Waals surface area contributed by atoms with Crippen molar-refractivity contribution in [1.29, 1.82) is 0 Å². The number of hydrogen-bond donors (Lipinski definition) is 1. The highest BCUT2D eigenvalue weighted by molar-refractivity contribution is 5.85. The van der Waals surface area contributed by atoms with E-state index in [0.717, 1.165) is 25.8 Å². The number of likely N-dealkylation sites (tertiary alicyclic amines) is 1. The normalized spacial score (nSPS) is 19.9. The average molecular weight is 291 g/mol. The van der Waals surface area contributed by atoms with Gasteiger partial charge < -0.3 is 10.2 Å². The second kappa shape index (κ2) is 6.56. The predicted molar refractivity (Wildman–Crippen MR) is 81.2 cm³/mol. The van der Waals surface area contributed by atoms with Gasteiger partial charge in [-0.15, -0.1) is 0 Å². The Labute approximate surface area is 124 Å². The molecule has 0 radical (unpaired) electrons. The third-order valence-corrected chi connectivity index (χ3v) is 3.93. The van der Waals surface area contributed by atoms with E-state index in [1.54, 1.807) is 25.1 Å². The maximum absolute atomic E-state index is 12.5. The van der Waals surface area contributed by atoms with Gasteiger partial charge in [0, 0.05) is 18.7 Å². The summed E-state index contributed by atoms with van der Waals surface area (Å²) < 4.78 is 0. The third-order valence-electron chi connectivity index (χ3n) is 3.93. The van der Waals surface area contributed by atoms with Crippen LogP contribution < -0.4 is 5.32 Å². The van der Waals surface area contributed by atoms with Crippen molar-refractivity contribution in [3.8, 4) is 0 Å². The third kappa shape index (κ3) is 3.51. The predicted octanol–water partition coefficient (Wildman–Crippen LogP) is 2.80. The lowest BCUT2D eigenvalue weighted by atomic mass is 10.0. The van der Waals surface area contributed by atoms with Crippen LogP contribution in [0.2, 0.25) is 0 Å². The van der Waals surface area contributed by atoms with E-state index in [9.17, 15) is 14.9 Å². The van der Waals surface area contributed by atoms with Crippen LogP contribution in [0.3, 0.4) is 0 Å². The molecule has 114 valence electrons. The largest absolute Gasteiger partial charge is 0.368 e. The van der Waals surface area contributed by atoms with Crippen LogP contribution in [0.4, 0.5) is 11.4 Å². The molecule has 1 aromatic rings. The van der Waals surface area contributed by atoms with Gasteiger partial charge in [0.15, 0.2) is 0 Å². The zero-order valence-corrected chi connectivity index (χ0v) is 12.4. The van der Waals surface area contributed by atoms with Crippen molar-refractivity contribution < 1.29 is 9.72 Å². The topological polar surface area (TPSA) is 75.5 Å². The Hall–Kier alpha value is -2.11. The van der Waals surface area contributed by atoms with Gasteiger partial charge in [0.25, 0.3) is 5.69 Å². The molecular formula is C15H21N3O3. The van der Waals surface area contributed by atoms with Gasteiger partial charge in [-0.1, -0.05) is 12.1 Å². The summed E-state index contributed by atoms with van der Waals surface area (Å²) in [6, 6.07) is 6.15. The molecule has 1 aromatic carbocycles. The first-order valence-corrected chi connectivity index (χ1v) is 7.31. The van der Waals surface area contributed by atoms with E-state index in [1.165, 1.54) is 6.07 Å². The Balaban J connectivity index is 2.09. The Bertz CT molecular complexity index is 533. The van der Waals surface area contributed by atoms with Gasteiger partial charge in [0.05, 0.1) is 4.92 Å². The number of hydrogen-bond acceptors (Lipinski definition) is 4. The number of piperidine rings is 1. The molecule has 0 aliphatic carbocycles. The van der Waals surface area contributed by atoms with Gasteiger partial charge in [0.2, 0.25) is 5.91 Å². The number of carbonyl (C=O) groups excluding carboxylic acids is 1. The van der Waals surface area contributed by atoms with Crippen molar-refractivity contribution in [2.45, 2.75) is 45.2 Å². The van der Waals surface area contributed by atoms with E-state index in [1.807, 2.05) is 4.90 Å². The summed E-state index contributed by atoms with van der Waals surface area (Å²) in [6.07, 6.45) is 3.19. The van der Waals surface area contributed by atoms with E-state index in [-0.39, 0.29) is 17.6 Å². The number of carbonyl (C=O) groups is 1. The molecule has 21 heavy (non-hydrogen) atoms. The summed E-state index contributed by atoms with van der Waals surface area (Å²) in [5.41, 5.74) is 0.372. The minimum absolute atomic E-state index is 0.000325. The Morgan fingerprint density at radius 1 is 1.43 bits per heavy atom. The summed E-state index contributed by atoms with van der Waals surface area (Å²) in [6.45, 7) is 4.57. The first-order chi connectivity index (χ1) is 10.0. The summed E-state index contributed by atoms with van der Waals surface area (Å²) in [4.78, 5) is 24.9. The van der Waals surface area contributed by atoms with Crippen LogP contribution >= 0.6 is 0 Å². The highest BCUT2D eigenvalue weighted by Gasteiger charge is 2.27. The molecule has 6 heteroatoms. The van der Waals surface area contributed by atoms with Crippen LogP contribution in [0, 0.1) is 10.1 Å². The number of nitrogens with zero attached hydrogens (tertiary/aromatic N) is 2. The molecule has 1 heterocycles. The summed E-state index contributed by atoms with van der Waals surface area (Å²) in [7, 11) is 0. The zero-order valence-electron chi connectivity index (χ0n) is 12.4. The average Bonchev–Trinajstić information content (AvgIpc) is 2.47. The molecule has 1 N–H and O–H groups in total. The minimum atomic E-state index is -0.480. The van der Waals surface area contributed by atoms with Gasteiger partial charge in [-0.05, 0) is 39.2 Å². The summed E-state index contributed by atoms with van der Waals surface area (Å²) in [5, 5.41) is 14.0. The Morgan fingerprint density at radius 3 is 2.81 bits per heavy atom. The molecule has 1 fully saturated rings. The number of amides is 1. The van der Waals surface area contributed by atoms with Crippen molar-refractivity contribution in [2.24, 2.45) is 0 Å². The highest BCUT2D eigenvalue weighted by atomic mass is 16.6.